The predicted octanol–water partition coefficient (Wildman–Crippen LogP) is 2.60. The number of nitrogens with one attached hydrogen (secondary N) is 2. The van der Waals surface area contributed by atoms with Crippen LogP contribution in [0.25, 0.3) is 10.9 Å². The van der Waals surface area contributed by atoms with E-state index in [2.05, 4.69) is 52.7 Å². The Balaban J connectivity index is 1.52. The fourth-order valence-corrected chi connectivity index (χ4v) is 2.96. The summed E-state index contributed by atoms with van der Waals surface area (Å²) in [5.74, 6) is 0.849. The van der Waals surface area contributed by atoms with Gasteiger partial charge in [-0.2, -0.15) is 0 Å². The molecule has 0 amide bonds. The van der Waals surface area contributed by atoms with E-state index in [4.69, 9.17) is 0 Å². The van der Waals surface area contributed by atoms with E-state index in [0.29, 0.717) is 0 Å². The topological polar surface area (TPSA) is 31.1 Å². The molecule has 0 bridgehead atoms. The third-order valence-electron chi connectivity index (χ3n) is 4.26. The standard InChI is InChI=1S/C16H23N3/c1-19-8-6-13(7-9-19)10-17-11-14-12-18-16-5-3-2-4-15(14)16/h2-5,12-13,17-18H,6-11H2,1H3. The van der Waals surface area contributed by atoms with Gasteiger partial charge in [0.15, 0.2) is 0 Å². The van der Waals surface area contributed by atoms with Crippen molar-refractivity contribution in [1.82, 2.24) is 15.2 Å². The van der Waals surface area contributed by atoms with Crippen LogP contribution < -0.4 is 5.32 Å². The number of hydrogen-bond acceptors (Lipinski definition) is 2. The largest absolute Gasteiger partial charge is 0.361 e. The molecule has 0 unspecified atom stereocenters. The molecule has 2 N–H and O–H groups in total. The number of para-hydroxylation sites is 1. The molecule has 3 nitrogen and oxygen atoms in total. The maximum Gasteiger partial charge on any atom is 0.0457 e. The van der Waals surface area contributed by atoms with E-state index < -0.39 is 0 Å². The highest BCUT2D eigenvalue weighted by Gasteiger charge is 2.16. The van der Waals surface area contributed by atoms with Crippen LogP contribution in [-0.2, 0) is 6.54 Å². The molecule has 0 spiro atoms. The van der Waals surface area contributed by atoms with Crippen LogP contribution in [0, 0.1) is 5.92 Å². The molecule has 19 heavy (non-hydrogen) atoms. The Morgan fingerprint density at radius 1 is 1.26 bits per heavy atom. The number of aromatic amines is 1. The molecule has 0 aliphatic carbocycles. The molecule has 0 radical (unpaired) electrons. The Labute approximate surface area is 115 Å². The lowest BCUT2D eigenvalue weighted by Crippen LogP contribution is -2.34. The van der Waals surface area contributed by atoms with Crippen molar-refractivity contribution in [2.45, 2.75) is 19.4 Å². The molecule has 1 fully saturated rings. The Bertz CT molecular complexity index is 524. The number of aromatic nitrogens is 1. The van der Waals surface area contributed by atoms with Crippen molar-refractivity contribution in [3.63, 3.8) is 0 Å². The molecule has 1 aromatic heterocycles. The maximum absolute atomic E-state index is 3.63. The van der Waals surface area contributed by atoms with Crippen molar-refractivity contribution >= 4 is 10.9 Å². The lowest BCUT2D eigenvalue weighted by Gasteiger charge is -2.29. The van der Waals surface area contributed by atoms with Crippen molar-refractivity contribution in [3.05, 3.63) is 36.0 Å². The second-order valence-electron chi connectivity index (χ2n) is 5.74. The fraction of sp³-hybridized carbons (Fsp3) is 0.500. The first-order chi connectivity index (χ1) is 9.33. The van der Waals surface area contributed by atoms with E-state index in [-0.39, 0.29) is 0 Å². The van der Waals surface area contributed by atoms with Gasteiger partial charge in [0, 0.05) is 23.6 Å². The van der Waals surface area contributed by atoms with E-state index in [1.807, 2.05) is 0 Å². The molecule has 0 atom stereocenters. The third kappa shape index (κ3) is 2.99. The number of likely N-dealkylation sites (tertiary alicyclic amines) is 1. The third-order valence-corrected chi connectivity index (χ3v) is 4.26. The first kappa shape index (κ1) is 12.7. The second-order valence-corrected chi connectivity index (χ2v) is 5.74. The van der Waals surface area contributed by atoms with Gasteiger partial charge in [0.1, 0.15) is 0 Å². The number of piperidine rings is 1. The van der Waals surface area contributed by atoms with E-state index in [9.17, 15) is 0 Å². The van der Waals surface area contributed by atoms with E-state index >= 15 is 0 Å². The summed E-state index contributed by atoms with van der Waals surface area (Å²) in [6.45, 7) is 4.61. The zero-order valence-corrected chi connectivity index (χ0v) is 11.7. The normalized spacial score (nSPS) is 18.2. The molecule has 2 heterocycles. The summed E-state index contributed by atoms with van der Waals surface area (Å²) in [7, 11) is 2.22. The van der Waals surface area contributed by atoms with Crippen LogP contribution in [0.15, 0.2) is 30.5 Å². The van der Waals surface area contributed by atoms with Gasteiger partial charge < -0.3 is 15.2 Å². The average molecular weight is 257 g/mol. The SMILES string of the molecule is CN1CCC(CNCc2c[nH]c3ccccc23)CC1. The maximum atomic E-state index is 3.63. The van der Waals surface area contributed by atoms with Crippen molar-refractivity contribution in [3.8, 4) is 0 Å². The molecule has 1 aromatic carbocycles. The van der Waals surface area contributed by atoms with E-state index in [1.165, 1.54) is 42.4 Å². The van der Waals surface area contributed by atoms with Gasteiger partial charge in [0.2, 0.25) is 0 Å². The summed E-state index contributed by atoms with van der Waals surface area (Å²) >= 11 is 0. The summed E-state index contributed by atoms with van der Waals surface area (Å²) < 4.78 is 0. The summed E-state index contributed by atoms with van der Waals surface area (Å²) in [6, 6.07) is 8.51. The number of H-pyrrole nitrogens is 1. The van der Waals surface area contributed by atoms with Gasteiger partial charge in [-0.3, -0.25) is 0 Å². The molecule has 102 valence electrons. The van der Waals surface area contributed by atoms with Gasteiger partial charge in [0.05, 0.1) is 0 Å². The summed E-state index contributed by atoms with van der Waals surface area (Å²) in [4.78, 5) is 5.76. The van der Waals surface area contributed by atoms with Crippen molar-refractivity contribution in [1.29, 1.82) is 0 Å². The molecule has 1 aliphatic heterocycles. The number of fused-ring (bicyclic) bond motifs is 1. The summed E-state index contributed by atoms with van der Waals surface area (Å²) in [5.41, 5.74) is 2.61. The second kappa shape index (κ2) is 5.76. The predicted molar refractivity (Wildman–Crippen MR) is 80.2 cm³/mol. The minimum atomic E-state index is 0.849. The molecule has 3 rings (SSSR count). The van der Waals surface area contributed by atoms with Gasteiger partial charge in [-0.05, 0) is 57.1 Å². The smallest absolute Gasteiger partial charge is 0.0457 e. The minimum absolute atomic E-state index is 0.849. The molecular formula is C16H23N3. The molecule has 1 saturated heterocycles. The average Bonchev–Trinajstić information content (AvgIpc) is 2.85. The summed E-state index contributed by atoms with van der Waals surface area (Å²) in [6.07, 6.45) is 4.79. The summed E-state index contributed by atoms with van der Waals surface area (Å²) in [5, 5.41) is 4.97. The van der Waals surface area contributed by atoms with Crippen LogP contribution in [0.1, 0.15) is 18.4 Å². The van der Waals surface area contributed by atoms with Crippen molar-refractivity contribution in [2.24, 2.45) is 5.92 Å². The van der Waals surface area contributed by atoms with Crippen molar-refractivity contribution < 1.29 is 0 Å². The Kier molecular flexibility index (Phi) is 3.85. The highest BCUT2D eigenvalue weighted by Crippen LogP contribution is 2.18. The Morgan fingerprint density at radius 3 is 2.89 bits per heavy atom. The lowest BCUT2D eigenvalue weighted by molar-refractivity contribution is 0.216. The number of hydrogen-bond donors (Lipinski definition) is 2. The number of rotatable bonds is 4. The highest BCUT2D eigenvalue weighted by molar-refractivity contribution is 5.82. The zero-order chi connectivity index (χ0) is 13.1. The molecule has 3 heteroatoms. The van der Waals surface area contributed by atoms with Crippen molar-refractivity contribution in [2.75, 3.05) is 26.7 Å². The lowest BCUT2D eigenvalue weighted by atomic mass is 9.97. The van der Waals surface area contributed by atoms with Crippen LogP contribution in [0.4, 0.5) is 0 Å². The highest BCUT2D eigenvalue weighted by atomic mass is 15.1. The van der Waals surface area contributed by atoms with Gasteiger partial charge in [-0.1, -0.05) is 18.2 Å². The molecule has 2 aromatic rings. The molecule has 0 saturated carbocycles. The molecule has 1 aliphatic rings. The minimum Gasteiger partial charge on any atom is -0.361 e. The number of nitrogens with zero attached hydrogens (tertiary/aromatic N) is 1. The van der Waals surface area contributed by atoms with Crippen LogP contribution in [-0.4, -0.2) is 36.6 Å². The first-order valence-corrected chi connectivity index (χ1v) is 7.27. The van der Waals surface area contributed by atoms with Gasteiger partial charge in [-0.25, -0.2) is 0 Å². The monoisotopic (exact) mass is 257 g/mol. The van der Waals surface area contributed by atoms with Crippen LogP contribution in [0.2, 0.25) is 0 Å². The first-order valence-electron chi connectivity index (χ1n) is 7.27. The molecular weight excluding hydrogens is 234 g/mol. The Morgan fingerprint density at radius 2 is 2.05 bits per heavy atom. The quantitative estimate of drug-likeness (QED) is 0.882. The fourth-order valence-electron chi connectivity index (χ4n) is 2.96. The van der Waals surface area contributed by atoms with Gasteiger partial charge in [0.25, 0.3) is 0 Å². The zero-order valence-electron chi connectivity index (χ0n) is 11.7. The van der Waals surface area contributed by atoms with Gasteiger partial charge >= 0.3 is 0 Å². The Hall–Kier alpha value is -1.32. The van der Waals surface area contributed by atoms with Crippen LogP contribution >= 0.6 is 0 Å². The van der Waals surface area contributed by atoms with E-state index in [1.54, 1.807) is 0 Å². The van der Waals surface area contributed by atoms with E-state index in [0.717, 1.165) is 19.0 Å². The number of benzene rings is 1. The van der Waals surface area contributed by atoms with Crippen LogP contribution in [0.5, 0.6) is 0 Å². The van der Waals surface area contributed by atoms with Crippen LogP contribution in [0.3, 0.4) is 0 Å². The van der Waals surface area contributed by atoms with Gasteiger partial charge in [-0.15, -0.1) is 0 Å².